The Hall–Kier alpha value is -3.71. The van der Waals surface area contributed by atoms with Crippen LogP contribution < -0.4 is 16.0 Å². The fourth-order valence-corrected chi connectivity index (χ4v) is 6.62. The molecule has 5 rings (SSSR count). The maximum Gasteiger partial charge on any atom is 0.245 e. The molecule has 7 heteroatoms. The number of benzene rings is 3. The zero-order valence-electron chi connectivity index (χ0n) is 25.0. The summed E-state index contributed by atoms with van der Waals surface area (Å²) in [7, 11) is 0. The number of fused-ring (bicyclic) bond motifs is 1. The zero-order chi connectivity index (χ0) is 29.6. The van der Waals surface area contributed by atoms with E-state index in [1.54, 1.807) is 0 Å². The topological polar surface area (TPSA) is 90.5 Å². The normalized spacial score (nSPS) is 21.0. The van der Waals surface area contributed by atoms with Crippen molar-refractivity contribution in [1.29, 1.82) is 0 Å². The van der Waals surface area contributed by atoms with Gasteiger partial charge in [-0.15, -0.1) is 0 Å². The van der Waals surface area contributed by atoms with Crippen LogP contribution in [0.3, 0.4) is 0 Å². The molecule has 0 saturated carbocycles. The summed E-state index contributed by atoms with van der Waals surface area (Å²) in [5, 5.41) is 11.8. The van der Waals surface area contributed by atoms with Crippen molar-refractivity contribution in [2.45, 2.75) is 58.4 Å². The summed E-state index contributed by atoms with van der Waals surface area (Å²) in [6.45, 7) is 6.94. The van der Waals surface area contributed by atoms with Crippen LogP contribution in [-0.4, -0.2) is 61.4 Å². The Balaban J connectivity index is 1.42. The van der Waals surface area contributed by atoms with Gasteiger partial charge < -0.3 is 20.9 Å². The molecule has 2 atom stereocenters. The highest BCUT2D eigenvalue weighted by atomic mass is 16.2. The van der Waals surface area contributed by atoms with Crippen molar-refractivity contribution in [3.05, 3.63) is 83.9 Å². The molecule has 2 saturated heterocycles. The molecule has 2 aliphatic heterocycles. The molecule has 2 aliphatic rings. The monoisotopic (exact) mass is 568 g/mol. The quantitative estimate of drug-likeness (QED) is 0.360. The summed E-state index contributed by atoms with van der Waals surface area (Å²) in [4.78, 5) is 43.5. The van der Waals surface area contributed by atoms with E-state index in [1.165, 1.54) is 0 Å². The Morgan fingerprint density at radius 3 is 2.33 bits per heavy atom. The Bertz CT molecular complexity index is 1400. The molecule has 0 unspecified atom stereocenters. The van der Waals surface area contributed by atoms with E-state index in [-0.39, 0.29) is 17.7 Å². The van der Waals surface area contributed by atoms with Crippen molar-refractivity contribution in [1.82, 2.24) is 20.9 Å². The summed E-state index contributed by atoms with van der Waals surface area (Å²) in [5.74, 6) is -0.196. The first-order valence-corrected chi connectivity index (χ1v) is 15.4. The predicted octanol–water partition coefficient (Wildman–Crippen LogP) is 4.24. The van der Waals surface area contributed by atoms with Crippen LogP contribution in [0.2, 0.25) is 0 Å². The molecule has 0 bridgehead atoms. The van der Waals surface area contributed by atoms with Crippen molar-refractivity contribution >= 4 is 28.5 Å². The molecule has 7 nitrogen and oxygen atoms in total. The van der Waals surface area contributed by atoms with E-state index in [2.05, 4.69) is 40.2 Å². The third-order valence-corrected chi connectivity index (χ3v) is 9.21. The largest absolute Gasteiger partial charge is 0.356 e. The van der Waals surface area contributed by atoms with E-state index in [1.807, 2.05) is 67.3 Å². The Morgan fingerprint density at radius 2 is 1.60 bits per heavy atom. The molecule has 0 aliphatic carbocycles. The van der Waals surface area contributed by atoms with Gasteiger partial charge in [-0.1, -0.05) is 79.7 Å². The summed E-state index contributed by atoms with van der Waals surface area (Å²) in [6, 6.07) is 23.7. The highest BCUT2D eigenvalue weighted by molar-refractivity contribution is 5.91. The summed E-state index contributed by atoms with van der Waals surface area (Å²) < 4.78 is 0. The second kappa shape index (κ2) is 13.1. The second-order valence-corrected chi connectivity index (χ2v) is 12.4. The molecular weight excluding hydrogens is 524 g/mol. The minimum atomic E-state index is -0.718. The van der Waals surface area contributed by atoms with Gasteiger partial charge in [0.1, 0.15) is 6.04 Å². The fraction of sp³-hybridized carbons (Fsp3) is 0.457. The number of piperidine rings is 2. The van der Waals surface area contributed by atoms with Gasteiger partial charge in [0.15, 0.2) is 0 Å². The van der Waals surface area contributed by atoms with Crippen LogP contribution in [0, 0.1) is 10.8 Å². The molecule has 222 valence electrons. The van der Waals surface area contributed by atoms with Crippen molar-refractivity contribution in [2.24, 2.45) is 10.8 Å². The number of nitrogens with one attached hydrogen (secondary N) is 3. The number of likely N-dealkylation sites (tertiary alicyclic amines) is 1. The Morgan fingerprint density at radius 1 is 0.881 bits per heavy atom. The molecule has 3 aromatic carbocycles. The van der Waals surface area contributed by atoms with E-state index >= 15 is 0 Å². The lowest BCUT2D eigenvalue weighted by molar-refractivity contribution is -0.145. The first kappa shape index (κ1) is 29.8. The summed E-state index contributed by atoms with van der Waals surface area (Å²) in [6.07, 6.45) is 3.87. The first-order valence-electron chi connectivity index (χ1n) is 15.4. The third kappa shape index (κ3) is 6.67. The van der Waals surface area contributed by atoms with Gasteiger partial charge in [0.25, 0.3) is 0 Å². The first-order chi connectivity index (χ1) is 20.3. The van der Waals surface area contributed by atoms with Crippen LogP contribution in [0.5, 0.6) is 0 Å². The van der Waals surface area contributed by atoms with E-state index in [0.717, 1.165) is 54.3 Å². The van der Waals surface area contributed by atoms with E-state index in [0.29, 0.717) is 38.9 Å². The second-order valence-electron chi connectivity index (χ2n) is 12.4. The number of hydrogen-bond donors (Lipinski definition) is 3. The summed E-state index contributed by atoms with van der Waals surface area (Å²) in [5.41, 5.74) is 0.841. The Labute approximate surface area is 249 Å². The number of carbonyl (C=O) groups is 3. The molecule has 2 heterocycles. The number of rotatable bonds is 9. The molecule has 3 aromatic rings. The SMILES string of the molecule is CCNC(=O)[C@]1(Cc2ccccc2)CCCN(C(=O)[C@@H](Cc2ccc3ccccc3c2)NC(=O)C2(C)CCNCC2)C1. The average molecular weight is 569 g/mol. The van der Waals surface area contributed by atoms with Crippen LogP contribution in [-0.2, 0) is 27.2 Å². The lowest BCUT2D eigenvalue weighted by Gasteiger charge is -2.43. The van der Waals surface area contributed by atoms with Gasteiger partial charge in [-0.05, 0) is 74.0 Å². The van der Waals surface area contributed by atoms with Gasteiger partial charge in [-0.3, -0.25) is 14.4 Å². The smallest absolute Gasteiger partial charge is 0.245 e. The fourth-order valence-electron chi connectivity index (χ4n) is 6.62. The highest BCUT2D eigenvalue weighted by Crippen LogP contribution is 2.35. The van der Waals surface area contributed by atoms with Crippen LogP contribution in [0.1, 0.15) is 50.7 Å². The van der Waals surface area contributed by atoms with Gasteiger partial charge in [-0.25, -0.2) is 0 Å². The van der Waals surface area contributed by atoms with E-state index < -0.39 is 16.9 Å². The minimum absolute atomic E-state index is 0.0105. The Kier molecular flexibility index (Phi) is 9.27. The van der Waals surface area contributed by atoms with Gasteiger partial charge in [0, 0.05) is 31.5 Å². The molecule has 0 radical (unpaired) electrons. The predicted molar refractivity (Wildman–Crippen MR) is 167 cm³/mol. The lowest BCUT2D eigenvalue weighted by atomic mass is 9.74. The molecule has 3 amide bonds. The van der Waals surface area contributed by atoms with E-state index in [4.69, 9.17) is 0 Å². The third-order valence-electron chi connectivity index (χ3n) is 9.21. The van der Waals surface area contributed by atoms with Gasteiger partial charge in [-0.2, -0.15) is 0 Å². The molecule has 0 aromatic heterocycles. The van der Waals surface area contributed by atoms with Crippen molar-refractivity contribution in [3.8, 4) is 0 Å². The molecule has 42 heavy (non-hydrogen) atoms. The lowest BCUT2D eigenvalue weighted by Crippen LogP contribution is -2.59. The number of nitrogens with zero attached hydrogens (tertiary/aromatic N) is 1. The summed E-state index contributed by atoms with van der Waals surface area (Å²) >= 11 is 0. The van der Waals surface area contributed by atoms with Crippen LogP contribution in [0.4, 0.5) is 0 Å². The standard InChI is InChI=1S/C35H44N4O3/c1-3-37-33(42)35(24-26-10-5-4-6-11-26)16-9-21-39(25-35)31(40)30(38-32(41)34(2)17-19-36-20-18-34)23-27-14-15-28-12-7-8-13-29(28)22-27/h4-8,10-15,22,30,36H,3,9,16-21,23-25H2,1-2H3,(H,37,42)(H,38,41)/t30-,35+/m1/s1. The van der Waals surface area contributed by atoms with Gasteiger partial charge in [0.2, 0.25) is 17.7 Å². The van der Waals surface area contributed by atoms with Crippen LogP contribution in [0.25, 0.3) is 10.8 Å². The molecule has 3 N–H and O–H groups in total. The highest BCUT2D eigenvalue weighted by Gasteiger charge is 2.45. The molecule has 0 spiro atoms. The van der Waals surface area contributed by atoms with Crippen molar-refractivity contribution < 1.29 is 14.4 Å². The zero-order valence-corrected chi connectivity index (χ0v) is 25.0. The average Bonchev–Trinajstić information content (AvgIpc) is 3.01. The van der Waals surface area contributed by atoms with Crippen molar-refractivity contribution in [2.75, 3.05) is 32.7 Å². The van der Waals surface area contributed by atoms with Gasteiger partial charge >= 0.3 is 0 Å². The van der Waals surface area contributed by atoms with Crippen LogP contribution in [0.15, 0.2) is 72.8 Å². The maximum atomic E-state index is 14.4. The number of hydrogen-bond acceptors (Lipinski definition) is 4. The van der Waals surface area contributed by atoms with Gasteiger partial charge in [0.05, 0.1) is 5.41 Å². The van der Waals surface area contributed by atoms with Crippen LogP contribution >= 0.6 is 0 Å². The van der Waals surface area contributed by atoms with E-state index in [9.17, 15) is 14.4 Å². The maximum absolute atomic E-state index is 14.4. The number of amides is 3. The number of carbonyl (C=O) groups excluding carboxylic acids is 3. The van der Waals surface area contributed by atoms with Crippen molar-refractivity contribution in [3.63, 3.8) is 0 Å². The molecule has 2 fully saturated rings. The molecular formula is C35H44N4O3. The minimum Gasteiger partial charge on any atom is -0.356 e.